The number of aromatic carboxylic acids is 1. The summed E-state index contributed by atoms with van der Waals surface area (Å²) in [4.78, 5) is 14.7. The molecule has 1 unspecified atom stereocenters. The van der Waals surface area contributed by atoms with E-state index in [0.717, 1.165) is 41.4 Å². The van der Waals surface area contributed by atoms with Crippen molar-refractivity contribution in [2.45, 2.75) is 32.3 Å². The summed E-state index contributed by atoms with van der Waals surface area (Å²) < 4.78 is 5.80. The number of ether oxygens (including phenoxy) is 1. The molecule has 4 heteroatoms. The minimum Gasteiger partial charge on any atom is -0.478 e. The number of benzene rings is 1. The molecule has 100 valence electrons. The quantitative estimate of drug-likeness (QED) is 0.889. The molecule has 0 radical (unpaired) electrons. The minimum absolute atomic E-state index is 0.0720. The molecule has 1 atom stereocenters. The van der Waals surface area contributed by atoms with E-state index in [1.165, 1.54) is 0 Å². The Morgan fingerprint density at radius 2 is 2.37 bits per heavy atom. The maximum absolute atomic E-state index is 11.4. The number of H-pyrrole nitrogens is 1. The number of nitrogens with one attached hydrogen (secondary N) is 1. The number of fused-ring (bicyclic) bond motifs is 3. The van der Waals surface area contributed by atoms with Gasteiger partial charge in [0.15, 0.2) is 0 Å². The smallest absolute Gasteiger partial charge is 0.336 e. The van der Waals surface area contributed by atoms with Gasteiger partial charge in [-0.3, -0.25) is 0 Å². The Labute approximate surface area is 111 Å². The molecular formula is C15H17NO3. The van der Waals surface area contributed by atoms with Crippen LogP contribution in [0.3, 0.4) is 0 Å². The van der Waals surface area contributed by atoms with Gasteiger partial charge in [0.25, 0.3) is 0 Å². The number of hydrogen-bond acceptors (Lipinski definition) is 2. The molecule has 2 aromatic rings. The van der Waals surface area contributed by atoms with Crippen LogP contribution in [-0.2, 0) is 11.2 Å². The molecule has 0 saturated heterocycles. The number of hydrogen-bond donors (Lipinski definition) is 2. The van der Waals surface area contributed by atoms with Crippen molar-refractivity contribution in [3.05, 3.63) is 35.0 Å². The third kappa shape index (κ3) is 1.92. The highest BCUT2D eigenvalue weighted by molar-refractivity contribution is 6.04. The van der Waals surface area contributed by atoms with E-state index in [2.05, 4.69) is 11.9 Å². The average Bonchev–Trinajstić information content (AvgIpc) is 2.78. The van der Waals surface area contributed by atoms with Crippen molar-refractivity contribution in [1.29, 1.82) is 0 Å². The first-order valence-corrected chi connectivity index (χ1v) is 6.70. The first-order valence-electron chi connectivity index (χ1n) is 6.70. The van der Waals surface area contributed by atoms with Crippen LogP contribution in [0.1, 0.15) is 47.5 Å². The van der Waals surface area contributed by atoms with E-state index in [-0.39, 0.29) is 6.10 Å². The highest BCUT2D eigenvalue weighted by Crippen LogP contribution is 2.36. The number of carbonyl (C=O) groups is 1. The lowest BCUT2D eigenvalue weighted by atomic mass is 9.97. The Bertz CT molecular complexity index is 630. The van der Waals surface area contributed by atoms with Crippen molar-refractivity contribution in [3.63, 3.8) is 0 Å². The summed E-state index contributed by atoms with van der Waals surface area (Å²) in [7, 11) is 0. The molecule has 1 aromatic carbocycles. The van der Waals surface area contributed by atoms with Gasteiger partial charge < -0.3 is 14.8 Å². The SMILES string of the molecule is CCCC1OCCc2c1[nH]c1cccc(C(=O)O)c21. The van der Waals surface area contributed by atoms with E-state index < -0.39 is 5.97 Å². The van der Waals surface area contributed by atoms with Crippen molar-refractivity contribution in [2.75, 3.05) is 6.61 Å². The van der Waals surface area contributed by atoms with Gasteiger partial charge in [-0.05, 0) is 30.5 Å². The van der Waals surface area contributed by atoms with Crippen LogP contribution in [0.5, 0.6) is 0 Å². The summed E-state index contributed by atoms with van der Waals surface area (Å²) >= 11 is 0. The Morgan fingerprint density at radius 1 is 1.53 bits per heavy atom. The summed E-state index contributed by atoms with van der Waals surface area (Å²) in [6.45, 7) is 2.79. The topological polar surface area (TPSA) is 62.3 Å². The van der Waals surface area contributed by atoms with Crippen LogP contribution >= 0.6 is 0 Å². The summed E-state index contributed by atoms with van der Waals surface area (Å²) in [6.07, 6.45) is 2.86. The zero-order valence-electron chi connectivity index (χ0n) is 10.9. The molecule has 4 nitrogen and oxygen atoms in total. The van der Waals surface area contributed by atoms with Crippen LogP contribution in [-0.4, -0.2) is 22.7 Å². The summed E-state index contributed by atoms with van der Waals surface area (Å²) in [5, 5.41) is 10.2. The molecule has 0 bridgehead atoms. The summed E-state index contributed by atoms with van der Waals surface area (Å²) in [5.74, 6) is -0.870. The molecule has 1 aliphatic heterocycles. The van der Waals surface area contributed by atoms with E-state index in [1.807, 2.05) is 6.07 Å². The molecule has 0 amide bonds. The van der Waals surface area contributed by atoms with Gasteiger partial charge in [-0.2, -0.15) is 0 Å². The lowest BCUT2D eigenvalue weighted by Gasteiger charge is -2.23. The zero-order chi connectivity index (χ0) is 13.4. The monoisotopic (exact) mass is 259 g/mol. The fourth-order valence-electron chi connectivity index (χ4n) is 2.93. The molecule has 19 heavy (non-hydrogen) atoms. The molecule has 0 aliphatic carbocycles. The normalized spacial score (nSPS) is 18.5. The van der Waals surface area contributed by atoms with Gasteiger partial charge in [0.2, 0.25) is 0 Å². The van der Waals surface area contributed by atoms with Crippen LogP contribution < -0.4 is 0 Å². The molecule has 2 heterocycles. The largest absolute Gasteiger partial charge is 0.478 e. The molecule has 2 N–H and O–H groups in total. The first-order chi connectivity index (χ1) is 9.22. The number of carboxylic acids is 1. The van der Waals surface area contributed by atoms with Crippen LogP contribution in [0.4, 0.5) is 0 Å². The molecule has 1 aromatic heterocycles. The van der Waals surface area contributed by atoms with Crippen molar-refractivity contribution in [2.24, 2.45) is 0 Å². The van der Waals surface area contributed by atoms with Crippen molar-refractivity contribution >= 4 is 16.9 Å². The van der Waals surface area contributed by atoms with Crippen LogP contribution in [0.2, 0.25) is 0 Å². The molecular weight excluding hydrogens is 242 g/mol. The highest BCUT2D eigenvalue weighted by atomic mass is 16.5. The standard InChI is InChI=1S/C15H17NO3/c1-2-4-12-14-9(7-8-19-12)13-10(15(17)18)5-3-6-11(13)16-14/h3,5-6,12,16H,2,4,7-8H2,1H3,(H,17,18). The Kier molecular flexibility index (Phi) is 3.03. The van der Waals surface area contributed by atoms with E-state index in [1.54, 1.807) is 12.1 Å². The second-order valence-electron chi connectivity index (χ2n) is 4.95. The maximum Gasteiger partial charge on any atom is 0.336 e. The van der Waals surface area contributed by atoms with E-state index >= 15 is 0 Å². The van der Waals surface area contributed by atoms with Gasteiger partial charge in [-0.25, -0.2) is 4.79 Å². The second kappa shape index (κ2) is 4.70. The molecule has 0 spiro atoms. The zero-order valence-corrected chi connectivity index (χ0v) is 10.9. The predicted molar refractivity (Wildman–Crippen MR) is 72.6 cm³/mol. The van der Waals surface area contributed by atoms with Gasteiger partial charge >= 0.3 is 5.97 Å². The summed E-state index contributed by atoms with van der Waals surface area (Å²) in [6, 6.07) is 5.38. The lowest BCUT2D eigenvalue weighted by molar-refractivity contribution is 0.0338. The van der Waals surface area contributed by atoms with Gasteiger partial charge in [-0.1, -0.05) is 19.4 Å². The van der Waals surface area contributed by atoms with Gasteiger partial charge in [0, 0.05) is 16.6 Å². The van der Waals surface area contributed by atoms with Crippen LogP contribution in [0.15, 0.2) is 18.2 Å². The Hall–Kier alpha value is -1.81. The van der Waals surface area contributed by atoms with Gasteiger partial charge in [-0.15, -0.1) is 0 Å². The third-order valence-corrected chi connectivity index (χ3v) is 3.74. The fourth-order valence-corrected chi connectivity index (χ4v) is 2.93. The molecule has 1 aliphatic rings. The molecule has 0 saturated carbocycles. The van der Waals surface area contributed by atoms with Crippen molar-refractivity contribution in [1.82, 2.24) is 4.98 Å². The van der Waals surface area contributed by atoms with E-state index in [0.29, 0.717) is 12.2 Å². The summed E-state index contributed by atoms with van der Waals surface area (Å²) in [5.41, 5.74) is 3.47. The third-order valence-electron chi connectivity index (χ3n) is 3.74. The van der Waals surface area contributed by atoms with Gasteiger partial charge in [0.05, 0.1) is 18.3 Å². The van der Waals surface area contributed by atoms with Crippen LogP contribution in [0, 0.1) is 0 Å². The molecule has 3 rings (SSSR count). The fraction of sp³-hybridized carbons (Fsp3) is 0.400. The average molecular weight is 259 g/mol. The Morgan fingerprint density at radius 3 is 3.11 bits per heavy atom. The number of carboxylic acid groups (broad SMARTS) is 1. The first kappa shape index (κ1) is 12.2. The van der Waals surface area contributed by atoms with E-state index in [9.17, 15) is 9.90 Å². The second-order valence-corrected chi connectivity index (χ2v) is 4.95. The predicted octanol–water partition coefficient (Wildman–Crippen LogP) is 3.28. The highest BCUT2D eigenvalue weighted by Gasteiger charge is 2.26. The van der Waals surface area contributed by atoms with Crippen molar-refractivity contribution in [3.8, 4) is 0 Å². The lowest BCUT2D eigenvalue weighted by Crippen LogP contribution is -2.16. The Balaban J connectivity index is 2.22. The number of rotatable bonds is 3. The maximum atomic E-state index is 11.4. The minimum atomic E-state index is -0.870. The number of aromatic nitrogens is 1. The number of aromatic amines is 1. The van der Waals surface area contributed by atoms with E-state index in [4.69, 9.17) is 4.74 Å². The molecule has 0 fully saturated rings. The van der Waals surface area contributed by atoms with Crippen LogP contribution in [0.25, 0.3) is 10.9 Å². The van der Waals surface area contributed by atoms with Gasteiger partial charge in [0.1, 0.15) is 0 Å². The van der Waals surface area contributed by atoms with Crippen molar-refractivity contribution < 1.29 is 14.6 Å².